The van der Waals surface area contributed by atoms with Crippen LogP contribution in [0.5, 0.6) is 5.75 Å². The van der Waals surface area contributed by atoms with Gasteiger partial charge in [0, 0.05) is 6.42 Å². The fourth-order valence-electron chi connectivity index (χ4n) is 3.01. The zero-order valence-electron chi connectivity index (χ0n) is 13.5. The first-order chi connectivity index (χ1) is 11.2. The van der Waals surface area contributed by atoms with Gasteiger partial charge in [-0.05, 0) is 52.9 Å². The Morgan fingerprint density at radius 3 is 2.61 bits per heavy atom. The molecule has 2 nitrogen and oxygen atoms in total. The highest BCUT2D eigenvalue weighted by atomic mass is 16.5. The molecule has 2 heteroatoms. The molecule has 3 aromatic carbocycles. The van der Waals surface area contributed by atoms with Gasteiger partial charge in [0.2, 0.25) is 0 Å². The van der Waals surface area contributed by atoms with Gasteiger partial charge in [0.25, 0.3) is 0 Å². The van der Waals surface area contributed by atoms with E-state index in [1.54, 1.807) is 14.0 Å². The van der Waals surface area contributed by atoms with Crippen molar-refractivity contribution in [3.63, 3.8) is 0 Å². The first-order valence-corrected chi connectivity index (χ1v) is 7.79. The molecule has 0 N–H and O–H groups in total. The van der Waals surface area contributed by atoms with Crippen LogP contribution in [0, 0.1) is 0 Å². The van der Waals surface area contributed by atoms with E-state index in [2.05, 4.69) is 42.5 Å². The summed E-state index contributed by atoms with van der Waals surface area (Å²) in [6, 6.07) is 20.6. The van der Waals surface area contributed by atoms with Gasteiger partial charge in [-0.25, -0.2) is 0 Å². The van der Waals surface area contributed by atoms with E-state index in [9.17, 15) is 4.79 Å². The maximum atomic E-state index is 11.6. The molecule has 0 aliphatic heterocycles. The Hall–Kier alpha value is -2.61. The lowest BCUT2D eigenvalue weighted by molar-refractivity contribution is -0.116. The Bertz CT molecular complexity index is 849. The van der Waals surface area contributed by atoms with E-state index in [4.69, 9.17) is 4.74 Å². The largest absolute Gasteiger partial charge is 0.497 e. The van der Waals surface area contributed by atoms with Crippen molar-refractivity contribution in [2.45, 2.75) is 19.8 Å². The van der Waals surface area contributed by atoms with Gasteiger partial charge in [-0.15, -0.1) is 0 Å². The summed E-state index contributed by atoms with van der Waals surface area (Å²) in [7, 11) is 1.68. The standard InChI is InChI=1S/C21H20O2/c1-15(22)12-18-11-10-17-7-3-4-9-20(17)21(18)14-16-6-5-8-19(13-16)23-2/h3-11,13H,12,14H2,1-2H3. The highest BCUT2D eigenvalue weighted by Crippen LogP contribution is 2.27. The lowest BCUT2D eigenvalue weighted by Gasteiger charge is -2.13. The van der Waals surface area contributed by atoms with Crippen molar-refractivity contribution < 1.29 is 9.53 Å². The van der Waals surface area contributed by atoms with Crippen LogP contribution in [-0.2, 0) is 17.6 Å². The number of fused-ring (bicyclic) bond motifs is 1. The Balaban J connectivity index is 2.10. The zero-order valence-corrected chi connectivity index (χ0v) is 13.5. The van der Waals surface area contributed by atoms with Crippen molar-refractivity contribution in [3.8, 4) is 5.75 Å². The summed E-state index contributed by atoms with van der Waals surface area (Å²) in [5, 5.41) is 2.42. The average molecular weight is 304 g/mol. The summed E-state index contributed by atoms with van der Waals surface area (Å²) in [6.45, 7) is 1.64. The molecule has 0 unspecified atom stereocenters. The maximum Gasteiger partial charge on any atom is 0.134 e. The number of methoxy groups -OCH3 is 1. The van der Waals surface area contributed by atoms with Crippen LogP contribution < -0.4 is 4.74 Å². The molecule has 0 aliphatic carbocycles. The Kier molecular flexibility index (Phi) is 4.42. The van der Waals surface area contributed by atoms with Crippen molar-refractivity contribution in [1.82, 2.24) is 0 Å². The number of benzene rings is 3. The minimum Gasteiger partial charge on any atom is -0.497 e. The highest BCUT2D eigenvalue weighted by molar-refractivity contribution is 5.89. The summed E-state index contributed by atoms with van der Waals surface area (Å²) in [5.74, 6) is 1.04. The normalized spacial score (nSPS) is 10.7. The molecule has 0 saturated carbocycles. The van der Waals surface area contributed by atoms with E-state index in [1.165, 1.54) is 21.9 Å². The lowest BCUT2D eigenvalue weighted by atomic mass is 9.91. The van der Waals surface area contributed by atoms with Crippen molar-refractivity contribution in [2.24, 2.45) is 0 Å². The number of carbonyl (C=O) groups is 1. The van der Waals surface area contributed by atoms with Gasteiger partial charge in [0.1, 0.15) is 11.5 Å². The summed E-state index contributed by atoms with van der Waals surface area (Å²) in [5.41, 5.74) is 3.52. The van der Waals surface area contributed by atoms with E-state index < -0.39 is 0 Å². The van der Waals surface area contributed by atoms with Crippen molar-refractivity contribution >= 4 is 16.6 Å². The molecule has 3 rings (SSSR count). The number of hydrogen-bond donors (Lipinski definition) is 0. The molecule has 0 heterocycles. The molecule has 0 amide bonds. The number of ketones is 1. The Labute approximate surface area is 136 Å². The minimum atomic E-state index is 0.187. The first kappa shape index (κ1) is 15.3. The smallest absolute Gasteiger partial charge is 0.134 e. The molecular formula is C21H20O2. The van der Waals surface area contributed by atoms with Crippen LogP contribution in [0.25, 0.3) is 10.8 Å². The Morgan fingerprint density at radius 1 is 1.00 bits per heavy atom. The minimum absolute atomic E-state index is 0.187. The summed E-state index contributed by atoms with van der Waals surface area (Å²) in [6.07, 6.45) is 1.27. The van der Waals surface area contributed by atoms with Gasteiger partial charge in [-0.3, -0.25) is 4.79 Å². The van der Waals surface area contributed by atoms with Crippen LogP contribution in [0.15, 0.2) is 60.7 Å². The molecular weight excluding hydrogens is 284 g/mol. The van der Waals surface area contributed by atoms with Crippen molar-refractivity contribution in [2.75, 3.05) is 7.11 Å². The lowest BCUT2D eigenvalue weighted by Crippen LogP contribution is -2.03. The zero-order chi connectivity index (χ0) is 16.2. The van der Waals surface area contributed by atoms with E-state index in [1.807, 2.05) is 18.2 Å². The van der Waals surface area contributed by atoms with E-state index in [0.717, 1.165) is 17.7 Å². The summed E-state index contributed by atoms with van der Waals surface area (Å²) in [4.78, 5) is 11.6. The van der Waals surface area contributed by atoms with Crippen molar-refractivity contribution in [3.05, 3.63) is 77.4 Å². The predicted molar refractivity (Wildman–Crippen MR) is 94.1 cm³/mol. The van der Waals surface area contributed by atoms with Crippen LogP contribution in [0.2, 0.25) is 0 Å². The fourth-order valence-corrected chi connectivity index (χ4v) is 3.01. The predicted octanol–water partition coefficient (Wildman–Crippen LogP) is 4.57. The van der Waals surface area contributed by atoms with Crippen LogP contribution in [0.3, 0.4) is 0 Å². The Morgan fingerprint density at radius 2 is 1.83 bits per heavy atom. The third kappa shape index (κ3) is 3.42. The molecule has 0 saturated heterocycles. The molecule has 23 heavy (non-hydrogen) atoms. The molecule has 0 atom stereocenters. The van der Waals surface area contributed by atoms with Gasteiger partial charge < -0.3 is 4.74 Å². The van der Waals surface area contributed by atoms with Gasteiger partial charge in [0.15, 0.2) is 0 Å². The second kappa shape index (κ2) is 6.66. The fraction of sp³-hybridized carbons (Fsp3) is 0.190. The first-order valence-electron chi connectivity index (χ1n) is 7.79. The van der Waals surface area contributed by atoms with Crippen LogP contribution in [0.4, 0.5) is 0 Å². The average Bonchev–Trinajstić information content (AvgIpc) is 2.57. The molecule has 0 radical (unpaired) electrons. The molecule has 0 spiro atoms. The van der Waals surface area contributed by atoms with Gasteiger partial charge in [0.05, 0.1) is 7.11 Å². The van der Waals surface area contributed by atoms with Crippen molar-refractivity contribution in [1.29, 1.82) is 0 Å². The van der Waals surface area contributed by atoms with E-state index in [-0.39, 0.29) is 5.78 Å². The summed E-state index contributed by atoms with van der Waals surface area (Å²) < 4.78 is 5.32. The van der Waals surface area contributed by atoms with E-state index >= 15 is 0 Å². The maximum absolute atomic E-state index is 11.6. The monoisotopic (exact) mass is 304 g/mol. The van der Waals surface area contributed by atoms with Gasteiger partial charge in [-0.1, -0.05) is 48.5 Å². The van der Waals surface area contributed by atoms with E-state index in [0.29, 0.717) is 6.42 Å². The second-order valence-corrected chi connectivity index (χ2v) is 5.83. The SMILES string of the molecule is COc1cccc(Cc2c(CC(C)=O)ccc3ccccc23)c1. The van der Waals surface area contributed by atoms with Crippen LogP contribution in [-0.4, -0.2) is 12.9 Å². The van der Waals surface area contributed by atoms with Crippen LogP contribution >= 0.6 is 0 Å². The van der Waals surface area contributed by atoms with Gasteiger partial charge >= 0.3 is 0 Å². The number of hydrogen-bond acceptors (Lipinski definition) is 2. The highest BCUT2D eigenvalue weighted by Gasteiger charge is 2.10. The van der Waals surface area contributed by atoms with Gasteiger partial charge in [-0.2, -0.15) is 0 Å². The molecule has 0 fully saturated rings. The topological polar surface area (TPSA) is 26.3 Å². The van der Waals surface area contributed by atoms with Crippen LogP contribution in [0.1, 0.15) is 23.6 Å². The molecule has 116 valence electrons. The second-order valence-electron chi connectivity index (χ2n) is 5.83. The quantitative estimate of drug-likeness (QED) is 0.690. The molecule has 0 aromatic heterocycles. The molecule has 0 aliphatic rings. The molecule has 3 aromatic rings. The number of carbonyl (C=O) groups excluding carboxylic acids is 1. The number of ether oxygens (including phenoxy) is 1. The number of Topliss-reactive ketones (excluding diaryl/α,β-unsaturated/α-hetero) is 1. The third-order valence-corrected chi connectivity index (χ3v) is 4.09. The third-order valence-electron chi connectivity index (χ3n) is 4.09. The molecule has 0 bridgehead atoms. The summed E-state index contributed by atoms with van der Waals surface area (Å²) >= 11 is 0. The number of rotatable bonds is 5.